The molecule has 0 radical (unpaired) electrons. The Morgan fingerprint density at radius 3 is 2.62 bits per heavy atom. The fourth-order valence-corrected chi connectivity index (χ4v) is 3.14. The van der Waals surface area contributed by atoms with Crippen molar-refractivity contribution in [2.75, 3.05) is 25.8 Å². The van der Waals surface area contributed by atoms with Gasteiger partial charge in [0.25, 0.3) is 5.91 Å². The maximum atomic E-state index is 12.5. The Hall–Kier alpha value is -3.35. The molecule has 2 aromatic rings. The van der Waals surface area contributed by atoms with Crippen LogP contribution in [0.3, 0.4) is 0 Å². The number of benzene rings is 2. The SMILES string of the molecule is COc1ccc(CCNC(=O)C2=NN(c3cccc(C)c3)C(=O)CC2)cc1OC. The third-order valence-corrected chi connectivity index (χ3v) is 4.69. The molecule has 7 nitrogen and oxygen atoms in total. The van der Waals surface area contributed by atoms with E-state index >= 15 is 0 Å². The van der Waals surface area contributed by atoms with Crippen molar-refractivity contribution in [3.05, 3.63) is 53.6 Å². The van der Waals surface area contributed by atoms with E-state index in [2.05, 4.69) is 10.4 Å². The first-order valence-corrected chi connectivity index (χ1v) is 9.48. The van der Waals surface area contributed by atoms with Gasteiger partial charge < -0.3 is 14.8 Å². The van der Waals surface area contributed by atoms with E-state index in [4.69, 9.17) is 9.47 Å². The molecule has 0 saturated heterocycles. The van der Waals surface area contributed by atoms with Gasteiger partial charge in [-0.15, -0.1) is 0 Å². The predicted molar refractivity (Wildman–Crippen MR) is 112 cm³/mol. The zero-order chi connectivity index (χ0) is 20.8. The standard InChI is InChI=1S/C22H25N3O4/c1-15-5-4-6-17(13-15)25-21(26)10-8-18(24-25)22(27)23-12-11-16-7-9-19(28-2)20(14-16)29-3/h4-7,9,13-14H,8,10-12H2,1-3H3,(H,23,27). The quantitative estimate of drug-likeness (QED) is 0.782. The van der Waals surface area contributed by atoms with Gasteiger partial charge in [-0.25, -0.2) is 5.01 Å². The number of ether oxygens (including phenoxy) is 2. The number of hydrogen-bond acceptors (Lipinski definition) is 5. The van der Waals surface area contributed by atoms with Gasteiger partial charge in [0, 0.05) is 19.4 Å². The summed E-state index contributed by atoms with van der Waals surface area (Å²) in [6, 6.07) is 13.2. The first kappa shape index (κ1) is 20.4. The summed E-state index contributed by atoms with van der Waals surface area (Å²) in [4.78, 5) is 24.8. The molecule has 1 N–H and O–H groups in total. The Morgan fingerprint density at radius 1 is 1.10 bits per heavy atom. The monoisotopic (exact) mass is 395 g/mol. The van der Waals surface area contributed by atoms with Crippen molar-refractivity contribution in [3.63, 3.8) is 0 Å². The van der Waals surface area contributed by atoms with Crippen LogP contribution in [0.1, 0.15) is 24.0 Å². The summed E-state index contributed by atoms with van der Waals surface area (Å²) in [6.07, 6.45) is 1.24. The van der Waals surface area contributed by atoms with Crippen molar-refractivity contribution in [2.24, 2.45) is 5.10 Å². The Morgan fingerprint density at radius 2 is 1.90 bits per heavy atom. The Labute approximate surface area is 170 Å². The highest BCUT2D eigenvalue weighted by atomic mass is 16.5. The third-order valence-electron chi connectivity index (χ3n) is 4.69. The summed E-state index contributed by atoms with van der Waals surface area (Å²) in [5.41, 5.74) is 3.07. The number of nitrogens with one attached hydrogen (secondary N) is 1. The summed E-state index contributed by atoms with van der Waals surface area (Å²) in [5.74, 6) is 0.950. The molecular weight excluding hydrogens is 370 g/mol. The third kappa shape index (κ3) is 4.93. The van der Waals surface area contributed by atoms with Crippen molar-refractivity contribution in [2.45, 2.75) is 26.2 Å². The second kappa shape index (κ2) is 9.23. The summed E-state index contributed by atoms with van der Waals surface area (Å²) in [6.45, 7) is 2.40. The van der Waals surface area contributed by atoms with Crippen molar-refractivity contribution < 1.29 is 19.1 Å². The molecule has 7 heteroatoms. The van der Waals surface area contributed by atoms with Gasteiger partial charge in [0.05, 0.1) is 19.9 Å². The number of hydrogen-bond donors (Lipinski definition) is 1. The minimum absolute atomic E-state index is 0.113. The Bertz CT molecular complexity index is 939. The van der Waals surface area contributed by atoms with Gasteiger partial charge in [0.15, 0.2) is 11.5 Å². The lowest BCUT2D eigenvalue weighted by Gasteiger charge is -2.23. The first-order valence-electron chi connectivity index (χ1n) is 9.48. The molecule has 0 aromatic heterocycles. The molecule has 152 valence electrons. The van der Waals surface area contributed by atoms with E-state index in [0.29, 0.717) is 42.3 Å². The van der Waals surface area contributed by atoms with Crippen molar-refractivity contribution in [3.8, 4) is 11.5 Å². The molecule has 1 aliphatic rings. The van der Waals surface area contributed by atoms with Crippen molar-refractivity contribution >= 4 is 23.2 Å². The van der Waals surface area contributed by atoms with E-state index < -0.39 is 0 Å². The minimum atomic E-state index is -0.254. The largest absolute Gasteiger partial charge is 0.493 e. The molecule has 0 fully saturated rings. The number of anilines is 1. The number of methoxy groups -OCH3 is 2. The number of carbonyl (C=O) groups is 2. The van der Waals surface area contributed by atoms with Crippen LogP contribution in [-0.4, -0.2) is 38.3 Å². The van der Waals surface area contributed by atoms with Crippen LogP contribution in [0, 0.1) is 6.92 Å². The number of amides is 2. The Kier molecular flexibility index (Phi) is 6.49. The smallest absolute Gasteiger partial charge is 0.267 e. The van der Waals surface area contributed by atoms with Gasteiger partial charge in [-0.3, -0.25) is 9.59 Å². The van der Waals surface area contributed by atoms with E-state index in [1.807, 2.05) is 49.4 Å². The second-order valence-electron chi connectivity index (χ2n) is 6.79. The summed E-state index contributed by atoms with van der Waals surface area (Å²) < 4.78 is 10.5. The van der Waals surface area contributed by atoms with E-state index in [-0.39, 0.29) is 18.2 Å². The van der Waals surface area contributed by atoms with Crippen LogP contribution in [0.2, 0.25) is 0 Å². The molecule has 0 unspecified atom stereocenters. The van der Waals surface area contributed by atoms with Crippen LogP contribution < -0.4 is 19.8 Å². The van der Waals surface area contributed by atoms with Crippen LogP contribution in [-0.2, 0) is 16.0 Å². The highest BCUT2D eigenvalue weighted by Gasteiger charge is 2.25. The van der Waals surface area contributed by atoms with Crippen LogP contribution >= 0.6 is 0 Å². The molecule has 0 aliphatic carbocycles. The van der Waals surface area contributed by atoms with Gasteiger partial charge in [0.2, 0.25) is 5.91 Å². The van der Waals surface area contributed by atoms with Crippen molar-refractivity contribution in [1.82, 2.24) is 5.32 Å². The summed E-state index contributed by atoms with van der Waals surface area (Å²) >= 11 is 0. The van der Waals surface area contributed by atoms with Gasteiger partial charge in [0.1, 0.15) is 5.71 Å². The lowest BCUT2D eigenvalue weighted by Crippen LogP contribution is -2.39. The topological polar surface area (TPSA) is 80.2 Å². The molecule has 0 spiro atoms. The lowest BCUT2D eigenvalue weighted by atomic mass is 10.1. The highest BCUT2D eigenvalue weighted by molar-refractivity contribution is 6.40. The fourth-order valence-electron chi connectivity index (χ4n) is 3.14. The lowest BCUT2D eigenvalue weighted by molar-refractivity contribution is -0.118. The average molecular weight is 395 g/mol. The van der Waals surface area contributed by atoms with Gasteiger partial charge >= 0.3 is 0 Å². The maximum Gasteiger partial charge on any atom is 0.267 e. The fraction of sp³-hybridized carbons (Fsp3) is 0.318. The zero-order valence-electron chi connectivity index (χ0n) is 16.9. The summed E-state index contributed by atoms with van der Waals surface area (Å²) in [5, 5.41) is 8.51. The molecule has 29 heavy (non-hydrogen) atoms. The number of hydrazone groups is 1. The number of carbonyl (C=O) groups excluding carboxylic acids is 2. The summed E-state index contributed by atoms with van der Waals surface area (Å²) in [7, 11) is 3.18. The second-order valence-corrected chi connectivity index (χ2v) is 6.79. The number of nitrogens with zero attached hydrogens (tertiary/aromatic N) is 2. The molecule has 1 heterocycles. The molecule has 2 aromatic carbocycles. The zero-order valence-corrected chi connectivity index (χ0v) is 16.9. The van der Waals surface area contributed by atoms with Crippen LogP contribution in [0.15, 0.2) is 47.6 Å². The number of aryl methyl sites for hydroxylation is 1. The molecule has 1 aliphatic heterocycles. The molecule has 3 rings (SSSR count). The van der Waals surface area contributed by atoms with E-state index in [1.165, 1.54) is 5.01 Å². The van der Waals surface area contributed by atoms with E-state index in [0.717, 1.165) is 11.1 Å². The van der Waals surface area contributed by atoms with Gasteiger partial charge in [-0.1, -0.05) is 18.2 Å². The molecular formula is C22H25N3O4. The van der Waals surface area contributed by atoms with E-state index in [9.17, 15) is 9.59 Å². The first-order chi connectivity index (χ1) is 14.0. The maximum absolute atomic E-state index is 12.5. The predicted octanol–water partition coefficient (Wildman–Crippen LogP) is 2.85. The highest BCUT2D eigenvalue weighted by Crippen LogP contribution is 2.27. The Balaban J connectivity index is 1.63. The van der Waals surface area contributed by atoms with Gasteiger partial charge in [-0.2, -0.15) is 5.10 Å². The number of rotatable bonds is 7. The van der Waals surface area contributed by atoms with Gasteiger partial charge in [-0.05, 0) is 48.7 Å². The normalized spacial score (nSPS) is 13.7. The molecule has 0 saturated carbocycles. The van der Waals surface area contributed by atoms with Crippen molar-refractivity contribution in [1.29, 1.82) is 0 Å². The molecule has 0 bridgehead atoms. The minimum Gasteiger partial charge on any atom is -0.493 e. The van der Waals surface area contributed by atoms with Crippen LogP contribution in [0.5, 0.6) is 11.5 Å². The van der Waals surface area contributed by atoms with Crippen LogP contribution in [0.25, 0.3) is 0 Å². The van der Waals surface area contributed by atoms with E-state index in [1.54, 1.807) is 14.2 Å². The molecule has 2 amide bonds. The molecule has 0 atom stereocenters. The average Bonchev–Trinajstić information content (AvgIpc) is 2.73. The van der Waals surface area contributed by atoms with Crippen LogP contribution in [0.4, 0.5) is 5.69 Å².